The third-order valence-electron chi connectivity index (χ3n) is 2.49. The van der Waals surface area contributed by atoms with Crippen LogP contribution in [0.4, 0.5) is 0 Å². The summed E-state index contributed by atoms with van der Waals surface area (Å²) in [7, 11) is 0. The van der Waals surface area contributed by atoms with E-state index in [9.17, 15) is 0 Å². The summed E-state index contributed by atoms with van der Waals surface area (Å²) in [6.45, 7) is 3.21. The molecule has 2 aromatic rings. The molecule has 2 rings (SSSR count). The van der Waals surface area contributed by atoms with Gasteiger partial charge in [-0.05, 0) is 18.1 Å². The summed E-state index contributed by atoms with van der Waals surface area (Å²) < 4.78 is 1.84. The molecule has 0 saturated heterocycles. The van der Waals surface area contributed by atoms with Gasteiger partial charge < -0.3 is 5.73 Å². The minimum absolute atomic E-state index is 0.576. The molecule has 16 heavy (non-hydrogen) atoms. The smallest absolute Gasteiger partial charge is 0.0815 e. The molecule has 0 spiro atoms. The molecule has 0 aliphatic carbocycles. The standard InChI is InChI=1S/C12H14ClN3/c1-9-12(13)8-16(15-9)7-11-4-2-10(6-14)3-5-11/h2-5,8H,6-7,14H2,1H3. The van der Waals surface area contributed by atoms with E-state index in [0.717, 1.165) is 17.8 Å². The molecular formula is C12H14ClN3. The normalized spacial score (nSPS) is 10.7. The van der Waals surface area contributed by atoms with E-state index in [-0.39, 0.29) is 0 Å². The molecule has 1 aromatic heterocycles. The van der Waals surface area contributed by atoms with E-state index in [1.54, 1.807) is 0 Å². The summed E-state index contributed by atoms with van der Waals surface area (Å²) in [5.41, 5.74) is 8.73. The lowest BCUT2D eigenvalue weighted by Gasteiger charge is -2.03. The number of aryl methyl sites for hydroxylation is 1. The lowest BCUT2D eigenvalue weighted by molar-refractivity contribution is 0.679. The van der Waals surface area contributed by atoms with Crippen LogP contribution in [0.5, 0.6) is 0 Å². The minimum atomic E-state index is 0.576. The fourth-order valence-corrected chi connectivity index (χ4v) is 1.69. The Bertz CT molecular complexity index is 454. The number of benzene rings is 1. The van der Waals surface area contributed by atoms with Gasteiger partial charge in [0, 0.05) is 12.7 Å². The van der Waals surface area contributed by atoms with Crippen LogP contribution in [0.25, 0.3) is 0 Å². The van der Waals surface area contributed by atoms with Crippen LogP contribution in [0.15, 0.2) is 30.5 Å². The number of hydrogen-bond acceptors (Lipinski definition) is 2. The van der Waals surface area contributed by atoms with Crippen LogP contribution in [0.2, 0.25) is 5.02 Å². The maximum absolute atomic E-state index is 5.94. The Labute approximate surface area is 99.8 Å². The lowest BCUT2D eigenvalue weighted by atomic mass is 10.1. The second-order valence-electron chi connectivity index (χ2n) is 3.78. The Hall–Kier alpha value is -1.32. The van der Waals surface area contributed by atoms with Gasteiger partial charge in [-0.25, -0.2) is 0 Å². The zero-order chi connectivity index (χ0) is 11.5. The van der Waals surface area contributed by atoms with E-state index in [0.29, 0.717) is 11.6 Å². The van der Waals surface area contributed by atoms with Gasteiger partial charge in [0.25, 0.3) is 0 Å². The molecule has 1 aromatic carbocycles. The summed E-state index contributed by atoms with van der Waals surface area (Å²) in [4.78, 5) is 0. The molecule has 0 aliphatic rings. The summed E-state index contributed by atoms with van der Waals surface area (Å²) in [6.07, 6.45) is 1.84. The zero-order valence-electron chi connectivity index (χ0n) is 9.15. The first-order chi connectivity index (χ1) is 7.69. The van der Waals surface area contributed by atoms with Gasteiger partial charge in [-0.15, -0.1) is 0 Å². The van der Waals surface area contributed by atoms with E-state index in [2.05, 4.69) is 17.2 Å². The number of halogens is 1. The molecule has 84 valence electrons. The molecule has 0 saturated carbocycles. The Morgan fingerprint density at radius 1 is 1.25 bits per heavy atom. The van der Waals surface area contributed by atoms with E-state index in [1.807, 2.05) is 29.9 Å². The van der Waals surface area contributed by atoms with E-state index in [4.69, 9.17) is 17.3 Å². The largest absolute Gasteiger partial charge is 0.326 e. The molecule has 0 bridgehead atoms. The number of nitrogens with two attached hydrogens (primary N) is 1. The van der Waals surface area contributed by atoms with Gasteiger partial charge in [0.2, 0.25) is 0 Å². The van der Waals surface area contributed by atoms with Gasteiger partial charge >= 0.3 is 0 Å². The van der Waals surface area contributed by atoms with Gasteiger partial charge in [0.05, 0.1) is 17.3 Å². The first-order valence-corrected chi connectivity index (χ1v) is 5.54. The summed E-state index contributed by atoms with van der Waals surface area (Å²) in [5.74, 6) is 0. The Morgan fingerprint density at radius 3 is 2.38 bits per heavy atom. The number of rotatable bonds is 3. The molecule has 0 atom stereocenters. The third-order valence-corrected chi connectivity index (χ3v) is 2.86. The van der Waals surface area contributed by atoms with Gasteiger partial charge in [-0.1, -0.05) is 35.9 Å². The number of nitrogens with zero attached hydrogens (tertiary/aromatic N) is 2. The fourth-order valence-electron chi connectivity index (χ4n) is 1.54. The van der Waals surface area contributed by atoms with Crippen LogP contribution in [-0.4, -0.2) is 9.78 Å². The van der Waals surface area contributed by atoms with Crippen molar-refractivity contribution >= 4 is 11.6 Å². The van der Waals surface area contributed by atoms with Crippen molar-refractivity contribution in [1.29, 1.82) is 0 Å². The molecule has 1 heterocycles. The molecule has 3 nitrogen and oxygen atoms in total. The summed E-state index contributed by atoms with van der Waals surface area (Å²) in [5, 5.41) is 5.02. The van der Waals surface area contributed by atoms with Crippen molar-refractivity contribution in [3.8, 4) is 0 Å². The highest BCUT2D eigenvalue weighted by Gasteiger charge is 2.02. The van der Waals surface area contributed by atoms with Crippen molar-refractivity contribution in [2.45, 2.75) is 20.0 Å². The Kier molecular flexibility index (Phi) is 3.27. The first kappa shape index (κ1) is 11.2. The highest BCUT2D eigenvalue weighted by atomic mass is 35.5. The maximum atomic E-state index is 5.94. The monoisotopic (exact) mass is 235 g/mol. The summed E-state index contributed by atoms with van der Waals surface area (Å²) in [6, 6.07) is 8.20. The van der Waals surface area contributed by atoms with E-state index < -0.39 is 0 Å². The molecule has 0 fully saturated rings. The quantitative estimate of drug-likeness (QED) is 0.888. The highest BCUT2D eigenvalue weighted by molar-refractivity contribution is 6.31. The van der Waals surface area contributed by atoms with Crippen LogP contribution in [-0.2, 0) is 13.1 Å². The zero-order valence-corrected chi connectivity index (χ0v) is 9.91. The number of hydrogen-bond donors (Lipinski definition) is 1. The highest BCUT2D eigenvalue weighted by Crippen LogP contribution is 2.13. The topological polar surface area (TPSA) is 43.8 Å². The van der Waals surface area contributed by atoms with Crippen molar-refractivity contribution in [3.05, 3.63) is 52.3 Å². The van der Waals surface area contributed by atoms with Crippen molar-refractivity contribution in [2.24, 2.45) is 5.73 Å². The van der Waals surface area contributed by atoms with Crippen molar-refractivity contribution in [2.75, 3.05) is 0 Å². The van der Waals surface area contributed by atoms with Crippen LogP contribution >= 0.6 is 11.6 Å². The van der Waals surface area contributed by atoms with Crippen molar-refractivity contribution in [3.63, 3.8) is 0 Å². The maximum Gasteiger partial charge on any atom is 0.0815 e. The van der Waals surface area contributed by atoms with Gasteiger partial charge in [0.15, 0.2) is 0 Å². The lowest BCUT2D eigenvalue weighted by Crippen LogP contribution is -2.01. The predicted octanol–water partition coefficient (Wildman–Crippen LogP) is 2.35. The van der Waals surface area contributed by atoms with Crippen LogP contribution < -0.4 is 5.73 Å². The molecule has 0 aliphatic heterocycles. The second kappa shape index (κ2) is 4.68. The van der Waals surface area contributed by atoms with Gasteiger partial charge in [-0.2, -0.15) is 5.10 Å². The molecular weight excluding hydrogens is 222 g/mol. The van der Waals surface area contributed by atoms with Gasteiger partial charge in [0.1, 0.15) is 0 Å². The SMILES string of the molecule is Cc1nn(Cc2ccc(CN)cc2)cc1Cl. The van der Waals surface area contributed by atoms with Crippen molar-refractivity contribution < 1.29 is 0 Å². The van der Waals surface area contributed by atoms with Crippen LogP contribution in [0.1, 0.15) is 16.8 Å². The Morgan fingerprint density at radius 2 is 1.88 bits per heavy atom. The molecule has 0 radical (unpaired) electrons. The average Bonchev–Trinajstić information content (AvgIpc) is 2.59. The number of aromatic nitrogens is 2. The van der Waals surface area contributed by atoms with E-state index >= 15 is 0 Å². The van der Waals surface area contributed by atoms with E-state index in [1.165, 1.54) is 5.56 Å². The first-order valence-electron chi connectivity index (χ1n) is 5.16. The molecule has 0 amide bonds. The summed E-state index contributed by atoms with van der Waals surface area (Å²) >= 11 is 5.94. The molecule has 0 unspecified atom stereocenters. The Balaban J connectivity index is 2.14. The molecule has 2 N–H and O–H groups in total. The fraction of sp³-hybridized carbons (Fsp3) is 0.250. The predicted molar refractivity (Wildman–Crippen MR) is 65.4 cm³/mol. The minimum Gasteiger partial charge on any atom is -0.326 e. The average molecular weight is 236 g/mol. The molecule has 4 heteroatoms. The van der Waals surface area contributed by atoms with Crippen LogP contribution in [0.3, 0.4) is 0 Å². The van der Waals surface area contributed by atoms with Crippen LogP contribution in [0, 0.1) is 6.92 Å². The third kappa shape index (κ3) is 2.43. The van der Waals surface area contributed by atoms with Crippen molar-refractivity contribution in [1.82, 2.24) is 9.78 Å². The van der Waals surface area contributed by atoms with Gasteiger partial charge in [-0.3, -0.25) is 4.68 Å². The second-order valence-corrected chi connectivity index (χ2v) is 4.19.